The molecule has 0 spiro atoms. The molecule has 1 unspecified atom stereocenters. The van der Waals surface area contributed by atoms with Gasteiger partial charge in [-0.25, -0.2) is 0 Å². The van der Waals surface area contributed by atoms with Gasteiger partial charge >= 0.3 is 0 Å². The average Bonchev–Trinajstić information content (AvgIpc) is 2.27. The van der Waals surface area contributed by atoms with Crippen LogP contribution in [0.4, 0.5) is 0 Å². The SMILES string of the molecule is Cc1cc(C)cc(CNCC(O)COCC(C)C)c1. The molecule has 1 rings (SSSR count). The van der Waals surface area contributed by atoms with Gasteiger partial charge in [-0.2, -0.15) is 0 Å². The number of aliphatic hydroxyl groups is 1. The molecular weight excluding hydrogens is 238 g/mol. The van der Waals surface area contributed by atoms with Gasteiger partial charge in [0.25, 0.3) is 0 Å². The maximum Gasteiger partial charge on any atom is 0.0897 e. The van der Waals surface area contributed by atoms with E-state index in [2.05, 4.69) is 51.2 Å². The first kappa shape index (κ1) is 16.2. The van der Waals surface area contributed by atoms with Crippen LogP contribution in [0.1, 0.15) is 30.5 Å². The second-order valence-electron chi connectivity index (χ2n) is 5.71. The van der Waals surface area contributed by atoms with E-state index in [4.69, 9.17) is 4.74 Å². The van der Waals surface area contributed by atoms with Crippen molar-refractivity contribution in [2.75, 3.05) is 19.8 Å². The summed E-state index contributed by atoms with van der Waals surface area (Å²) in [6, 6.07) is 6.50. The Bertz CT molecular complexity index is 357. The molecule has 19 heavy (non-hydrogen) atoms. The van der Waals surface area contributed by atoms with Crippen molar-refractivity contribution in [3.8, 4) is 0 Å². The predicted molar refractivity (Wildman–Crippen MR) is 79.3 cm³/mol. The third-order valence-electron chi connectivity index (χ3n) is 2.75. The van der Waals surface area contributed by atoms with Crippen LogP contribution in [-0.4, -0.2) is 31.0 Å². The number of rotatable bonds is 8. The summed E-state index contributed by atoms with van der Waals surface area (Å²) in [5.74, 6) is 0.510. The van der Waals surface area contributed by atoms with E-state index in [9.17, 15) is 5.11 Å². The minimum absolute atomic E-state index is 0.401. The molecule has 1 atom stereocenters. The highest BCUT2D eigenvalue weighted by Gasteiger charge is 2.05. The number of aliphatic hydroxyl groups excluding tert-OH is 1. The minimum Gasteiger partial charge on any atom is -0.389 e. The maximum atomic E-state index is 9.76. The molecule has 0 aliphatic heterocycles. The van der Waals surface area contributed by atoms with E-state index in [1.54, 1.807) is 0 Å². The molecule has 0 radical (unpaired) electrons. The van der Waals surface area contributed by atoms with E-state index in [-0.39, 0.29) is 0 Å². The van der Waals surface area contributed by atoms with Crippen LogP contribution < -0.4 is 5.32 Å². The molecule has 0 aromatic heterocycles. The molecule has 108 valence electrons. The number of ether oxygens (including phenoxy) is 1. The zero-order chi connectivity index (χ0) is 14.3. The van der Waals surface area contributed by atoms with Gasteiger partial charge in [-0.1, -0.05) is 43.2 Å². The van der Waals surface area contributed by atoms with Crippen LogP contribution in [0.5, 0.6) is 0 Å². The van der Waals surface area contributed by atoms with Crippen molar-refractivity contribution in [3.63, 3.8) is 0 Å². The zero-order valence-electron chi connectivity index (χ0n) is 12.6. The lowest BCUT2D eigenvalue weighted by atomic mass is 10.1. The summed E-state index contributed by atoms with van der Waals surface area (Å²) >= 11 is 0. The Balaban J connectivity index is 2.22. The lowest BCUT2D eigenvalue weighted by Gasteiger charge is -2.14. The fourth-order valence-corrected chi connectivity index (χ4v) is 2.05. The summed E-state index contributed by atoms with van der Waals surface area (Å²) in [6.07, 6.45) is -0.440. The van der Waals surface area contributed by atoms with Crippen LogP contribution in [0.15, 0.2) is 18.2 Å². The second kappa shape index (κ2) is 8.31. The van der Waals surface area contributed by atoms with E-state index >= 15 is 0 Å². The first-order chi connectivity index (χ1) is 8.97. The molecule has 0 heterocycles. The van der Waals surface area contributed by atoms with Gasteiger partial charge in [0.2, 0.25) is 0 Å². The topological polar surface area (TPSA) is 41.5 Å². The molecule has 0 fully saturated rings. The summed E-state index contributed by atoms with van der Waals surface area (Å²) in [5.41, 5.74) is 3.81. The van der Waals surface area contributed by atoms with Crippen molar-refractivity contribution in [2.45, 2.75) is 40.3 Å². The monoisotopic (exact) mass is 265 g/mol. The Labute approximate surface area is 117 Å². The Morgan fingerprint density at radius 2 is 1.74 bits per heavy atom. The quantitative estimate of drug-likeness (QED) is 0.758. The summed E-state index contributed by atoms with van der Waals surface area (Å²) in [4.78, 5) is 0. The van der Waals surface area contributed by atoms with E-state index in [0.717, 1.165) is 6.54 Å². The van der Waals surface area contributed by atoms with Crippen molar-refractivity contribution >= 4 is 0 Å². The number of hydrogen-bond acceptors (Lipinski definition) is 3. The van der Waals surface area contributed by atoms with Gasteiger partial charge in [-0.05, 0) is 25.3 Å². The van der Waals surface area contributed by atoms with Crippen molar-refractivity contribution in [3.05, 3.63) is 34.9 Å². The molecule has 0 bridgehead atoms. The standard InChI is InChI=1S/C16H27NO2/c1-12(2)10-19-11-16(18)9-17-8-15-6-13(3)5-14(4)7-15/h5-7,12,16-18H,8-11H2,1-4H3. The largest absolute Gasteiger partial charge is 0.389 e. The van der Waals surface area contributed by atoms with Gasteiger partial charge in [-0.15, -0.1) is 0 Å². The number of hydrogen-bond donors (Lipinski definition) is 2. The smallest absolute Gasteiger partial charge is 0.0897 e. The molecule has 1 aromatic rings. The fraction of sp³-hybridized carbons (Fsp3) is 0.625. The maximum absolute atomic E-state index is 9.76. The first-order valence-electron chi connectivity index (χ1n) is 7.01. The third kappa shape index (κ3) is 7.31. The van der Waals surface area contributed by atoms with E-state index in [1.807, 2.05) is 0 Å². The molecule has 0 amide bonds. The number of benzene rings is 1. The lowest BCUT2D eigenvalue weighted by molar-refractivity contribution is 0.0260. The summed E-state index contributed by atoms with van der Waals surface area (Å²) in [7, 11) is 0. The Morgan fingerprint density at radius 3 is 2.32 bits per heavy atom. The number of aryl methyl sites for hydroxylation is 2. The van der Waals surface area contributed by atoms with Gasteiger partial charge in [-0.3, -0.25) is 0 Å². The van der Waals surface area contributed by atoms with Crippen LogP contribution in [0.2, 0.25) is 0 Å². The molecule has 3 heteroatoms. The van der Waals surface area contributed by atoms with Gasteiger partial charge in [0, 0.05) is 19.7 Å². The van der Waals surface area contributed by atoms with E-state index in [0.29, 0.717) is 25.7 Å². The lowest BCUT2D eigenvalue weighted by Crippen LogP contribution is -2.30. The number of nitrogens with one attached hydrogen (secondary N) is 1. The second-order valence-corrected chi connectivity index (χ2v) is 5.71. The molecular formula is C16H27NO2. The highest BCUT2D eigenvalue weighted by Crippen LogP contribution is 2.08. The zero-order valence-corrected chi connectivity index (χ0v) is 12.6. The van der Waals surface area contributed by atoms with E-state index < -0.39 is 6.10 Å². The van der Waals surface area contributed by atoms with Crippen molar-refractivity contribution in [1.29, 1.82) is 0 Å². The van der Waals surface area contributed by atoms with Crippen LogP contribution in [0.25, 0.3) is 0 Å². The predicted octanol–water partition coefficient (Wildman–Crippen LogP) is 2.43. The van der Waals surface area contributed by atoms with Crippen LogP contribution in [0, 0.1) is 19.8 Å². The first-order valence-corrected chi connectivity index (χ1v) is 7.01. The van der Waals surface area contributed by atoms with Gasteiger partial charge in [0.05, 0.1) is 12.7 Å². The highest BCUT2D eigenvalue weighted by atomic mass is 16.5. The third-order valence-corrected chi connectivity index (χ3v) is 2.75. The molecule has 0 saturated heterocycles. The Morgan fingerprint density at radius 1 is 1.11 bits per heavy atom. The van der Waals surface area contributed by atoms with Crippen LogP contribution >= 0.6 is 0 Å². The van der Waals surface area contributed by atoms with E-state index in [1.165, 1.54) is 16.7 Å². The van der Waals surface area contributed by atoms with Gasteiger partial charge in [0.1, 0.15) is 0 Å². The highest BCUT2D eigenvalue weighted by molar-refractivity contribution is 5.28. The van der Waals surface area contributed by atoms with Crippen LogP contribution in [0.3, 0.4) is 0 Å². The Hall–Kier alpha value is -0.900. The Kier molecular flexibility index (Phi) is 7.06. The summed E-state index contributed by atoms with van der Waals surface area (Å²) < 4.78 is 5.41. The molecule has 1 aromatic carbocycles. The summed E-state index contributed by atoms with van der Waals surface area (Å²) in [6.45, 7) is 10.9. The molecule has 2 N–H and O–H groups in total. The van der Waals surface area contributed by atoms with Gasteiger partial charge in [0.15, 0.2) is 0 Å². The minimum atomic E-state index is -0.440. The van der Waals surface area contributed by atoms with Crippen LogP contribution in [-0.2, 0) is 11.3 Å². The molecule has 3 nitrogen and oxygen atoms in total. The summed E-state index contributed by atoms with van der Waals surface area (Å²) in [5, 5.41) is 13.0. The van der Waals surface area contributed by atoms with Crippen molar-refractivity contribution in [1.82, 2.24) is 5.32 Å². The average molecular weight is 265 g/mol. The van der Waals surface area contributed by atoms with Crippen molar-refractivity contribution in [2.24, 2.45) is 5.92 Å². The molecule has 0 aliphatic carbocycles. The normalized spacial score (nSPS) is 12.9. The van der Waals surface area contributed by atoms with Crippen molar-refractivity contribution < 1.29 is 9.84 Å². The molecule has 0 aliphatic rings. The van der Waals surface area contributed by atoms with Gasteiger partial charge < -0.3 is 15.2 Å². The fourth-order valence-electron chi connectivity index (χ4n) is 2.05. The molecule has 0 saturated carbocycles.